The molecule has 0 saturated carbocycles. The monoisotopic (exact) mass is 398 g/mol. The second-order valence-corrected chi connectivity index (χ2v) is 7.93. The molecule has 2 heteroatoms. The lowest BCUT2D eigenvalue weighted by molar-refractivity contribution is 0.966. The van der Waals surface area contributed by atoms with Gasteiger partial charge < -0.3 is 4.57 Å². The van der Waals surface area contributed by atoms with Crippen LogP contribution in [0.15, 0.2) is 91.0 Å². The maximum atomic E-state index is 9.89. The van der Waals surface area contributed by atoms with Gasteiger partial charge >= 0.3 is 0 Å². The first-order valence-corrected chi connectivity index (χ1v) is 10.4. The van der Waals surface area contributed by atoms with Crippen LogP contribution in [0.2, 0.25) is 0 Å². The Morgan fingerprint density at radius 2 is 1.35 bits per heavy atom. The topological polar surface area (TPSA) is 28.7 Å². The number of aryl methyl sites for hydroxylation is 1. The Balaban J connectivity index is 1.59. The summed E-state index contributed by atoms with van der Waals surface area (Å²) in [5.74, 6) is 0. The van der Waals surface area contributed by atoms with Gasteiger partial charge in [-0.15, -0.1) is 0 Å². The van der Waals surface area contributed by atoms with Crippen LogP contribution in [0.3, 0.4) is 0 Å². The molecular formula is C29H22N2. The second kappa shape index (κ2) is 7.63. The van der Waals surface area contributed by atoms with Crippen molar-refractivity contribution < 1.29 is 0 Å². The lowest BCUT2D eigenvalue weighted by Gasteiger charge is -2.11. The summed E-state index contributed by atoms with van der Waals surface area (Å²) in [7, 11) is 0. The van der Waals surface area contributed by atoms with Gasteiger partial charge in [-0.05, 0) is 76.9 Å². The molecule has 2 nitrogen and oxygen atoms in total. The first-order chi connectivity index (χ1) is 15.1. The molecule has 31 heavy (non-hydrogen) atoms. The summed E-state index contributed by atoms with van der Waals surface area (Å²) in [6.07, 6.45) is 2.00. The third-order valence-electron chi connectivity index (χ3n) is 5.94. The van der Waals surface area contributed by atoms with E-state index >= 15 is 0 Å². The van der Waals surface area contributed by atoms with Crippen molar-refractivity contribution in [3.63, 3.8) is 0 Å². The molecule has 0 bridgehead atoms. The van der Waals surface area contributed by atoms with Crippen molar-refractivity contribution in [2.45, 2.75) is 13.8 Å². The van der Waals surface area contributed by atoms with Crippen molar-refractivity contribution in [2.75, 3.05) is 0 Å². The van der Waals surface area contributed by atoms with Crippen molar-refractivity contribution in [1.82, 2.24) is 4.57 Å². The van der Waals surface area contributed by atoms with E-state index in [1.807, 2.05) is 24.3 Å². The molecule has 0 saturated heterocycles. The number of fused-ring (bicyclic) bond motifs is 2. The summed E-state index contributed by atoms with van der Waals surface area (Å²) >= 11 is 0. The van der Waals surface area contributed by atoms with E-state index in [0.717, 1.165) is 33.6 Å². The first kappa shape index (κ1) is 18.9. The van der Waals surface area contributed by atoms with Crippen molar-refractivity contribution in [3.05, 3.63) is 114 Å². The lowest BCUT2D eigenvalue weighted by atomic mass is 10.0. The molecule has 0 atom stereocenters. The normalized spacial score (nSPS) is 11.7. The highest BCUT2D eigenvalue weighted by Crippen LogP contribution is 2.28. The quantitative estimate of drug-likeness (QED) is 0.290. The van der Waals surface area contributed by atoms with E-state index < -0.39 is 0 Å². The van der Waals surface area contributed by atoms with Crippen molar-refractivity contribution in [1.29, 1.82) is 5.26 Å². The second-order valence-electron chi connectivity index (χ2n) is 7.93. The van der Waals surface area contributed by atoms with Crippen molar-refractivity contribution in [3.8, 4) is 11.8 Å². The van der Waals surface area contributed by atoms with Gasteiger partial charge in [-0.3, -0.25) is 0 Å². The Morgan fingerprint density at radius 3 is 2.03 bits per heavy atom. The molecule has 1 heterocycles. The van der Waals surface area contributed by atoms with Crippen LogP contribution >= 0.6 is 0 Å². The Morgan fingerprint density at radius 1 is 0.742 bits per heavy atom. The third-order valence-corrected chi connectivity index (χ3v) is 5.94. The number of allylic oxidation sites excluding steroid dienone is 1. The Kier molecular flexibility index (Phi) is 4.65. The van der Waals surface area contributed by atoms with Gasteiger partial charge in [0, 0.05) is 17.1 Å². The molecule has 0 radical (unpaired) electrons. The summed E-state index contributed by atoms with van der Waals surface area (Å²) in [6, 6.07) is 33.9. The maximum absolute atomic E-state index is 9.89. The van der Waals surface area contributed by atoms with E-state index in [9.17, 15) is 5.26 Å². The molecule has 0 aliphatic heterocycles. The Hall–Kier alpha value is -4.09. The maximum Gasteiger partial charge on any atom is 0.0998 e. The molecule has 148 valence electrons. The van der Waals surface area contributed by atoms with Crippen LogP contribution in [0.5, 0.6) is 0 Å². The van der Waals surface area contributed by atoms with E-state index in [1.165, 1.54) is 16.2 Å². The molecule has 0 spiro atoms. The molecule has 0 unspecified atom stereocenters. The van der Waals surface area contributed by atoms with Gasteiger partial charge in [0.2, 0.25) is 0 Å². The zero-order chi connectivity index (χ0) is 21.4. The number of aromatic nitrogens is 1. The van der Waals surface area contributed by atoms with Gasteiger partial charge in [-0.25, -0.2) is 0 Å². The lowest BCUT2D eigenvalue weighted by Crippen LogP contribution is -1.99. The summed E-state index contributed by atoms with van der Waals surface area (Å²) < 4.78 is 2.26. The zero-order valence-corrected chi connectivity index (χ0v) is 17.6. The van der Waals surface area contributed by atoms with E-state index in [-0.39, 0.29) is 0 Å². The number of hydrogen-bond acceptors (Lipinski definition) is 1. The number of hydrogen-bond donors (Lipinski definition) is 0. The average Bonchev–Trinajstić information content (AvgIpc) is 3.09. The number of nitriles is 1. The van der Waals surface area contributed by atoms with E-state index in [0.29, 0.717) is 5.57 Å². The highest BCUT2D eigenvalue weighted by Gasteiger charge is 2.12. The molecule has 5 aromatic rings. The fraction of sp³-hybridized carbons (Fsp3) is 0.0690. The van der Waals surface area contributed by atoms with Gasteiger partial charge in [0.25, 0.3) is 0 Å². The summed E-state index contributed by atoms with van der Waals surface area (Å²) in [6.45, 7) is 4.23. The predicted octanol–water partition coefficient (Wildman–Crippen LogP) is 7.46. The third kappa shape index (κ3) is 3.41. The highest BCUT2D eigenvalue weighted by molar-refractivity contribution is 5.94. The smallest absolute Gasteiger partial charge is 0.0998 e. The van der Waals surface area contributed by atoms with Gasteiger partial charge in [0.15, 0.2) is 0 Å². The van der Waals surface area contributed by atoms with E-state index in [4.69, 9.17) is 0 Å². The van der Waals surface area contributed by atoms with Crippen LogP contribution in [0.25, 0.3) is 38.9 Å². The summed E-state index contributed by atoms with van der Waals surface area (Å²) in [5, 5.41) is 14.7. The molecule has 1 aromatic heterocycles. The predicted molar refractivity (Wildman–Crippen MR) is 130 cm³/mol. The molecule has 0 aliphatic rings. The van der Waals surface area contributed by atoms with Gasteiger partial charge in [-0.2, -0.15) is 5.26 Å². The molecule has 0 fully saturated rings. The Bertz CT molecular complexity index is 1510. The molecular weight excluding hydrogens is 376 g/mol. The first-order valence-electron chi connectivity index (χ1n) is 10.4. The summed E-state index contributed by atoms with van der Waals surface area (Å²) in [5.41, 5.74) is 6.09. The molecule has 0 aliphatic carbocycles. The van der Waals surface area contributed by atoms with Crippen LogP contribution in [-0.2, 0) is 0 Å². The SMILES string of the molecule is Cc1cc(C=C(C#N)c2ccc3ccccc3c2)c(C)n1-c1ccc2ccccc2c1. The highest BCUT2D eigenvalue weighted by atomic mass is 15.0. The molecule has 4 aromatic carbocycles. The van der Waals surface area contributed by atoms with Crippen LogP contribution in [0, 0.1) is 25.2 Å². The van der Waals surface area contributed by atoms with Crippen LogP contribution in [0.4, 0.5) is 0 Å². The Labute approximate surface area is 182 Å². The minimum atomic E-state index is 0.671. The van der Waals surface area contributed by atoms with Crippen LogP contribution in [0.1, 0.15) is 22.5 Å². The minimum Gasteiger partial charge on any atom is -0.318 e. The molecule has 0 N–H and O–H groups in total. The standard InChI is InChI=1S/C29H22N2/c1-20-15-27(17-28(19-30)26-12-11-22-7-3-5-9-24(22)16-26)21(2)31(20)29-14-13-23-8-4-6-10-25(23)18-29/h3-18H,1-2H3. The van der Waals surface area contributed by atoms with Crippen LogP contribution in [-0.4, -0.2) is 4.57 Å². The van der Waals surface area contributed by atoms with Gasteiger partial charge in [0.05, 0.1) is 11.6 Å². The van der Waals surface area contributed by atoms with E-state index in [1.54, 1.807) is 0 Å². The van der Waals surface area contributed by atoms with E-state index in [2.05, 4.69) is 97.3 Å². The number of benzene rings is 4. The van der Waals surface area contributed by atoms with Crippen molar-refractivity contribution >= 4 is 33.2 Å². The van der Waals surface area contributed by atoms with Crippen LogP contribution < -0.4 is 0 Å². The largest absolute Gasteiger partial charge is 0.318 e. The van der Waals surface area contributed by atoms with Crippen molar-refractivity contribution in [2.24, 2.45) is 0 Å². The minimum absolute atomic E-state index is 0.671. The zero-order valence-electron chi connectivity index (χ0n) is 17.6. The number of nitrogens with zero attached hydrogens (tertiary/aromatic N) is 2. The summed E-state index contributed by atoms with van der Waals surface area (Å²) in [4.78, 5) is 0. The fourth-order valence-corrected chi connectivity index (χ4v) is 4.34. The van der Waals surface area contributed by atoms with Gasteiger partial charge in [0.1, 0.15) is 0 Å². The average molecular weight is 399 g/mol. The molecule has 5 rings (SSSR count). The molecule has 0 amide bonds. The fourth-order valence-electron chi connectivity index (χ4n) is 4.34. The number of rotatable bonds is 3. The van der Waals surface area contributed by atoms with Gasteiger partial charge in [-0.1, -0.05) is 66.7 Å².